The summed E-state index contributed by atoms with van der Waals surface area (Å²) in [6.45, 7) is 4.54. The highest BCUT2D eigenvalue weighted by atomic mass is 16.5. The van der Waals surface area contributed by atoms with E-state index in [9.17, 15) is 4.79 Å². The number of aryl methyl sites for hydroxylation is 3. The average Bonchev–Trinajstić information content (AvgIpc) is 2.52. The highest BCUT2D eigenvalue weighted by Gasteiger charge is 2.13. The van der Waals surface area contributed by atoms with E-state index >= 15 is 0 Å². The van der Waals surface area contributed by atoms with Crippen LogP contribution in [0.3, 0.4) is 0 Å². The van der Waals surface area contributed by atoms with Crippen molar-refractivity contribution in [1.82, 2.24) is 9.55 Å². The molecule has 0 spiro atoms. The third-order valence-corrected chi connectivity index (χ3v) is 2.28. The van der Waals surface area contributed by atoms with E-state index in [4.69, 9.17) is 5.73 Å². The van der Waals surface area contributed by atoms with Gasteiger partial charge in [0.1, 0.15) is 11.9 Å². The molecule has 5 nitrogen and oxygen atoms in total. The number of hydrogen-bond acceptors (Lipinski definition) is 4. The van der Waals surface area contributed by atoms with Gasteiger partial charge in [-0.15, -0.1) is 0 Å². The Kier molecular flexibility index (Phi) is 3.85. The smallest absolute Gasteiger partial charge is 0.322 e. The van der Waals surface area contributed by atoms with Crippen molar-refractivity contribution in [3.63, 3.8) is 0 Å². The van der Waals surface area contributed by atoms with Gasteiger partial charge in [0.15, 0.2) is 0 Å². The number of carbonyl (C=O) groups excluding carboxylic acids is 1. The molecule has 1 unspecified atom stereocenters. The second-order valence-electron chi connectivity index (χ2n) is 3.54. The van der Waals surface area contributed by atoms with Crippen molar-refractivity contribution in [3.8, 4) is 0 Å². The van der Waals surface area contributed by atoms with E-state index in [1.54, 1.807) is 0 Å². The van der Waals surface area contributed by atoms with Crippen molar-refractivity contribution >= 4 is 5.97 Å². The molecular formula is C10H17N3O2. The van der Waals surface area contributed by atoms with Crippen LogP contribution in [-0.4, -0.2) is 28.7 Å². The van der Waals surface area contributed by atoms with Gasteiger partial charge in [0.2, 0.25) is 0 Å². The van der Waals surface area contributed by atoms with Crippen molar-refractivity contribution in [2.45, 2.75) is 32.9 Å². The predicted octanol–water partition coefficient (Wildman–Crippen LogP) is 0.390. The van der Waals surface area contributed by atoms with Crippen LogP contribution in [0.15, 0.2) is 6.20 Å². The first-order valence-corrected chi connectivity index (χ1v) is 4.88. The standard InChI is InChI=1S/C10H17N3O2/c1-7-6-13(8(2)12-7)5-4-9(11)10(14)15-3/h6,9H,4-5,11H2,1-3H3. The summed E-state index contributed by atoms with van der Waals surface area (Å²) < 4.78 is 6.53. The first-order valence-electron chi connectivity index (χ1n) is 4.88. The maximum atomic E-state index is 11.1. The maximum absolute atomic E-state index is 11.1. The van der Waals surface area contributed by atoms with Crippen LogP contribution in [0.4, 0.5) is 0 Å². The number of nitrogens with two attached hydrogens (primary N) is 1. The third-order valence-electron chi connectivity index (χ3n) is 2.28. The van der Waals surface area contributed by atoms with E-state index < -0.39 is 6.04 Å². The van der Waals surface area contributed by atoms with Crippen LogP contribution in [0.1, 0.15) is 17.9 Å². The number of esters is 1. The number of ether oxygens (including phenoxy) is 1. The number of imidazole rings is 1. The summed E-state index contributed by atoms with van der Waals surface area (Å²) in [6.07, 6.45) is 2.50. The van der Waals surface area contributed by atoms with E-state index in [1.807, 2.05) is 24.6 Å². The fraction of sp³-hybridized carbons (Fsp3) is 0.600. The molecule has 0 amide bonds. The summed E-state index contributed by atoms with van der Waals surface area (Å²) in [6, 6.07) is -0.558. The van der Waals surface area contributed by atoms with E-state index in [0.29, 0.717) is 13.0 Å². The van der Waals surface area contributed by atoms with Crippen LogP contribution < -0.4 is 5.73 Å². The molecule has 2 N–H and O–H groups in total. The van der Waals surface area contributed by atoms with E-state index in [2.05, 4.69) is 9.72 Å². The first-order chi connectivity index (χ1) is 7.04. The summed E-state index contributed by atoms with van der Waals surface area (Å²) in [5.74, 6) is 0.564. The second-order valence-corrected chi connectivity index (χ2v) is 3.54. The van der Waals surface area contributed by atoms with Crippen LogP contribution in [0.2, 0.25) is 0 Å². The number of carbonyl (C=O) groups is 1. The Hall–Kier alpha value is -1.36. The molecule has 0 fully saturated rings. The molecule has 15 heavy (non-hydrogen) atoms. The van der Waals surface area contributed by atoms with Crippen LogP contribution >= 0.6 is 0 Å². The van der Waals surface area contributed by atoms with E-state index in [-0.39, 0.29) is 5.97 Å². The lowest BCUT2D eigenvalue weighted by atomic mass is 10.2. The fourth-order valence-corrected chi connectivity index (χ4v) is 1.44. The highest BCUT2D eigenvalue weighted by Crippen LogP contribution is 2.03. The van der Waals surface area contributed by atoms with Gasteiger partial charge in [-0.3, -0.25) is 4.79 Å². The lowest BCUT2D eigenvalue weighted by Gasteiger charge is -2.10. The Morgan fingerprint density at radius 1 is 1.67 bits per heavy atom. The number of rotatable bonds is 4. The zero-order chi connectivity index (χ0) is 11.4. The SMILES string of the molecule is COC(=O)C(N)CCn1cc(C)nc1C. The topological polar surface area (TPSA) is 70.1 Å². The summed E-state index contributed by atoms with van der Waals surface area (Å²) >= 11 is 0. The molecule has 1 heterocycles. The third kappa shape index (κ3) is 3.06. The van der Waals surface area contributed by atoms with Gasteiger partial charge in [0, 0.05) is 12.7 Å². The Morgan fingerprint density at radius 2 is 2.33 bits per heavy atom. The van der Waals surface area contributed by atoms with Gasteiger partial charge in [0.05, 0.1) is 12.8 Å². The molecule has 0 aromatic carbocycles. The Morgan fingerprint density at radius 3 is 2.80 bits per heavy atom. The number of aromatic nitrogens is 2. The van der Waals surface area contributed by atoms with Gasteiger partial charge in [0.25, 0.3) is 0 Å². The van der Waals surface area contributed by atoms with Gasteiger partial charge in [-0.2, -0.15) is 0 Å². The van der Waals surface area contributed by atoms with E-state index in [0.717, 1.165) is 11.5 Å². The normalized spacial score (nSPS) is 12.5. The first kappa shape index (κ1) is 11.7. The summed E-state index contributed by atoms with van der Waals surface area (Å²) in [4.78, 5) is 15.3. The van der Waals surface area contributed by atoms with E-state index in [1.165, 1.54) is 7.11 Å². The van der Waals surface area contributed by atoms with Crippen molar-refractivity contribution in [2.75, 3.05) is 7.11 Å². The fourth-order valence-electron chi connectivity index (χ4n) is 1.44. The molecular weight excluding hydrogens is 194 g/mol. The molecule has 84 valence electrons. The van der Waals surface area contributed by atoms with Crippen LogP contribution in [0.5, 0.6) is 0 Å². The average molecular weight is 211 g/mol. The number of nitrogens with zero attached hydrogens (tertiary/aromatic N) is 2. The summed E-state index contributed by atoms with van der Waals surface area (Å²) in [5.41, 5.74) is 6.60. The monoisotopic (exact) mass is 211 g/mol. The van der Waals surface area contributed by atoms with Gasteiger partial charge >= 0.3 is 5.97 Å². The number of hydrogen-bond donors (Lipinski definition) is 1. The molecule has 0 saturated carbocycles. The second kappa shape index (κ2) is 4.93. The molecule has 0 radical (unpaired) electrons. The van der Waals surface area contributed by atoms with Crippen molar-refractivity contribution in [1.29, 1.82) is 0 Å². The van der Waals surface area contributed by atoms with Gasteiger partial charge < -0.3 is 15.0 Å². The molecule has 0 saturated heterocycles. The van der Waals surface area contributed by atoms with Crippen molar-refractivity contribution in [3.05, 3.63) is 17.7 Å². The van der Waals surface area contributed by atoms with Crippen LogP contribution in [0, 0.1) is 13.8 Å². The Labute approximate surface area is 89.2 Å². The summed E-state index contributed by atoms with van der Waals surface area (Å²) in [7, 11) is 1.34. The number of methoxy groups -OCH3 is 1. The molecule has 1 rings (SSSR count). The predicted molar refractivity (Wildman–Crippen MR) is 56.3 cm³/mol. The molecule has 1 atom stereocenters. The summed E-state index contributed by atoms with van der Waals surface area (Å²) in [5, 5.41) is 0. The molecule has 0 aliphatic rings. The van der Waals surface area contributed by atoms with Gasteiger partial charge in [-0.05, 0) is 20.3 Å². The zero-order valence-electron chi connectivity index (χ0n) is 9.36. The minimum Gasteiger partial charge on any atom is -0.468 e. The zero-order valence-corrected chi connectivity index (χ0v) is 9.36. The van der Waals surface area contributed by atoms with Crippen LogP contribution in [-0.2, 0) is 16.1 Å². The lowest BCUT2D eigenvalue weighted by Crippen LogP contribution is -2.32. The quantitative estimate of drug-likeness (QED) is 0.731. The minimum absolute atomic E-state index is 0.371. The Bertz CT molecular complexity index is 346. The molecule has 1 aromatic heterocycles. The van der Waals surface area contributed by atoms with Crippen molar-refractivity contribution < 1.29 is 9.53 Å². The molecule has 0 aliphatic carbocycles. The van der Waals surface area contributed by atoms with Gasteiger partial charge in [-0.1, -0.05) is 0 Å². The molecule has 1 aromatic rings. The highest BCUT2D eigenvalue weighted by molar-refractivity contribution is 5.75. The largest absolute Gasteiger partial charge is 0.468 e. The molecule has 0 aliphatic heterocycles. The Balaban J connectivity index is 2.50. The molecule has 5 heteroatoms. The minimum atomic E-state index is -0.558. The lowest BCUT2D eigenvalue weighted by molar-refractivity contribution is -0.142. The van der Waals surface area contributed by atoms with Crippen molar-refractivity contribution in [2.24, 2.45) is 5.73 Å². The van der Waals surface area contributed by atoms with Gasteiger partial charge in [-0.25, -0.2) is 4.98 Å². The maximum Gasteiger partial charge on any atom is 0.322 e. The van der Waals surface area contributed by atoms with Crippen LogP contribution in [0.25, 0.3) is 0 Å². The molecule has 0 bridgehead atoms.